The molecule has 0 fully saturated rings. The molecule has 3 rings (SSSR count). The first-order valence-electron chi connectivity index (χ1n) is 12.7. The standard InChI is InChI=1S/C27H32F2N4O7S2/c1-33(42(3,38)39)27-32-22(15-41-27)26(37)31-21(13-16-11-18(28)14-19(29)12-16)24(35)23(34)20(9-10-40-2)30-25(36)17-7-5-4-6-8-17/h4-8,11-12,14-15,20-21,23-24,34-35H,9-10,13H2,1-3H3,(H,30,36)(H,31,37)/t20-,21+,23-,24-/m1/s1. The number of aliphatic hydroxyl groups excluding tert-OH is 2. The largest absolute Gasteiger partial charge is 0.388 e. The number of sulfonamides is 1. The predicted octanol–water partition coefficient (Wildman–Crippen LogP) is 1.72. The van der Waals surface area contributed by atoms with Gasteiger partial charge in [-0.05, 0) is 42.7 Å². The number of benzene rings is 2. The number of aliphatic hydroxyl groups is 2. The van der Waals surface area contributed by atoms with Crippen LogP contribution in [0, 0.1) is 11.6 Å². The molecule has 0 saturated carbocycles. The van der Waals surface area contributed by atoms with Gasteiger partial charge in [0, 0.05) is 37.8 Å². The van der Waals surface area contributed by atoms with E-state index in [1.807, 2.05) is 0 Å². The molecule has 4 atom stereocenters. The molecule has 0 unspecified atom stereocenters. The van der Waals surface area contributed by atoms with Crippen LogP contribution in [0.1, 0.15) is 32.8 Å². The Balaban J connectivity index is 1.89. The van der Waals surface area contributed by atoms with E-state index in [1.54, 1.807) is 30.3 Å². The van der Waals surface area contributed by atoms with Gasteiger partial charge in [0.1, 0.15) is 29.5 Å². The maximum atomic E-state index is 13.9. The quantitative estimate of drug-likeness (QED) is 0.211. The lowest BCUT2D eigenvalue weighted by Crippen LogP contribution is -2.57. The minimum Gasteiger partial charge on any atom is -0.388 e. The molecule has 0 saturated heterocycles. The van der Waals surface area contributed by atoms with E-state index >= 15 is 0 Å². The van der Waals surface area contributed by atoms with E-state index in [4.69, 9.17) is 4.74 Å². The third kappa shape index (κ3) is 9.00. The molecule has 42 heavy (non-hydrogen) atoms. The fraction of sp³-hybridized carbons (Fsp3) is 0.370. The maximum absolute atomic E-state index is 13.9. The molecular formula is C27H32F2N4O7S2. The first kappa shape index (κ1) is 33.0. The van der Waals surface area contributed by atoms with Gasteiger partial charge in [-0.3, -0.25) is 9.59 Å². The first-order valence-corrected chi connectivity index (χ1v) is 15.4. The van der Waals surface area contributed by atoms with Crippen LogP contribution in [0.25, 0.3) is 0 Å². The normalized spacial score (nSPS) is 14.5. The van der Waals surface area contributed by atoms with Crippen molar-refractivity contribution in [3.05, 3.63) is 82.4 Å². The highest BCUT2D eigenvalue weighted by atomic mass is 32.2. The number of anilines is 1. The average Bonchev–Trinajstić information content (AvgIpc) is 3.43. The zero-order chi connectivity index (χ0) is 31.0. The number of ether oxygens (including phenoxy) is 1. The molecule has 11 nitrogen and oxygen atoms in total. The number of hydrogen-bond acceptors (Lipinski definition) is 9. The molecule has 1 aromatic heterocycles. The Labute approximate surface area is 246 Å². The Hall–Kier alpha value is -3.50. The van der Waals surface area contributed by atoms with Crippen molar-refractivity contribution in [1.29, 1.82) is 0 Å². The van der Waals surface area contributed by atoms with Crippen molar-refractivity contribution in [3.63, 3.8) is 0 Å². The van der Waals surface area contributed by atoms with Crippen molar-refractivity contribution in [2.45, 2.75) is 37.1 Å². The van der Waals surface area contributed by atoms with Crippen LogP contribution >= 0.6 is 11.3 Å². The molecule has 0 spiro atoms. The number of amides is 2. The van der Waals surface area contributed by atoms with Crippen molar-refractivity contribution >= 4 is 38.3 Å². The number of nitrogens with one attached hydrogen (secondary N) is 2. The summed E-state index contributed by atoms with van der Waals surface area (Å²) in [5, 5.41) is 29.0. The Bertz CT molecular complexity index is 1450. The second kappa shape index (κ2) is 14.6. The van der Waals surface area contributed by atoms with Crippen molar-refractivity contribution in [3.8, 4) is 0 Å². The second-order valence-electron chi connectivity index (χ2n) is 9.52. The summed E-state index contributed by atoms with van der Waals surface area (Å²) in [5.41, 5.74) is 0.192. The first-order chi connectivity index (χ1) is 19.8. The summed E-state index contributed by atoms with van der Waals surface area (Å²) < 4.78 is 57.6. The van der Waals surface area contributed by atoms with Crippen molar-refractivity contribution in [1.82, 2.24) is 15.6 Å². The Kier molecular flexibility index (Phi) is 11.5. The summed E-state index contributed by atoms with van der Waals surface area (Å²) in [5.74, 6) is -3.13. The number of nitrogens with zero attached hydrogens (tertiary/aromatic N) is 2. The number of thiazole rings is 1. The molecule has 0 bridgehead atoms. The van der Waals surface area contributed by atoms with Crippen LogP contribution in [0.4, 0.5) is 13.9 Å². The van der Waals surface area contributed by atoms with Gasteiger partial charge in [-0.15, -0.1) is 11.3 Å². The molecule has 2 aromatic carbocycles. The molecule has 15 heteroatoms. The minimum absolute atomic E-state index is 0.00948. The lowest BCUT2D eigenvalue weighted by molar-refractivity contribution is -0.0269. The summed E-state index contributed by atoms with van der Waals surface area (Å²) in [6.45, 7) is 0.102. The molecule has 0 aliphatic rings. The minimum atomic E-state index is -3.65. The summed E-state index contributed by atoms with van der Waals surface area (Å²) in [6.07, 6.45) is -2.69. The zero-order valence-electron chi connectivity index (χ0n) is 23.0. The molecule has 0 aliphatic carbocycles. The highest BCUT2D eigenvalue weighted by Gasteiger charge is 2.35. The van der Waals surface area contributed by atoms with Gasteiger partial charge in [0.05, 0.1) is 18.3 Å². The van der Waals surface area contributed by atoms with E-state index in [0.29, 0.717) is 11.6 Å². The molecule has 4 N–H and O–H groups in total. The predicted molar refractivity (Wildman–Crippen MR) is 153 cm³/mol. The molecule has 0 aliphatic heterocycles. The van der Waals surface area contributed by atoms with E-state index in [0.717, 1.165) is 34.0 Å². The van der Waals surface area contributed by atoms with E-state index in [1.165, 1.54) is 19.5 Å². The van der Waals surface area contributed by atoms with Gasteiger partial charge >= 0.3 is 0 Å². The molecule has 2 amide bonds. The van der Waals surface area contributed by atoms with E-state index in [2.05, 4.69) is 15.6 Å². The van der Waals surface area contributed by atoms with Gasteiger partial charge in [0.2, 0.25) is 10.0 Å². The van der Waals surface area contributed by atoms with Crippen LogP contribution in [0.5, 0.6) is 0 Å². The van der Waals surface area contributed by atoms with Crippen LogP contribution in [0.15, 0.2) is 53.9 Å². The smallest absolute Gasteiger partial charge is 0.271 e. The number of hydrogen-bond donors (Lipinski definition) is 4. The van der Waals surface area contributed by atoms with Gasteiger partial charge in [0.25, 0.3) is 11.8 Å². The third-order valence-corrected chi connectivity index (χ3v) is 8.55. The molecule has 0 radical (unpaired) electrons. The van der Waals surface area contributed by atoms with E-state index in [9.17, 15) is 37.0 Å². The Morgan fingerprint density at radius 2 is 1.62 bits per heavy atom. The van der Waals surface area contributed by atoms with E-state index in [-0.39, 0.29) is 35.8 Å². The van der Waals surface area contributed by atoms with Gasteiger partial charge in [0.15, 0.2) is 5.13 Å². The number of carbonyl (C=O) groups is 2. The monoisotopic (exact) mass is 626 g/mol. The molecular weight excluding hydrogens is 594 g/mol. The second-order valence-corrected chi connectivity index (χ2v) is 12.4. The molecule has 3 aromatic rings. The summed E-state index contributed by atoms with van der Waals surface area (Å²) in [4.78, 5) is 30.0. The lowest BCUT2D eigenvalue weighted by atomic mass is 9.92. The van der Waals surface area contributed by atoms with Gasteiger partial charge < -0.3 is 25.6 Å². The van der Waals surface area contributed by atoms with Crippen molar-refractivity contribution in [2.75, 3.05) is 31.3 Å². The average molecular weight is 627 g/mol. The number of rotatable bonds is 14. The maximum Gasteiger partial charge on any atom is 0.271 e. The van der Waals surface area contributed by atoms with Crippen LogP contribution in [-0.2, 0) is 21.2 Å². The Morgan fingerprint density at radius 3 is 2.21 bits per heavy atom. The number of aromatic nitrogens is 1. The lowest BCUT2D eigenvalue weighted by Gasteiger charge is -2.33. The van der Waals surface area contributed by atoms with Crippen LogP contribution in [-0.4, -0.2) is 86.7 Å². The number of carbonyl (C=O) groups excluding carboxylic acids is 2. The highest BCUT2D eigenvalue weighted by molar-refractivity contribution is 7.92. The van der Waals surface area contributed by atoms with Crippen molar-refractivity contribution < 1.29 is 41.7 Å². The Morgan fingerprint density at radius 1 is 1.02 bits per heavy atom. The van der Waals surface area contributed by atoms with Crippen molar-refractivity contribution in [2.24, 2.45) is 0 Å². The van der Waals surface area contributed by atoms with Crippen LogP contribution in [0.2, 0.25) is 0 Å². The zero-order valence-corrected chi connectivity index (χ0v) is 24.7. The number of halogens is 2. The fourth-order valence-corrected chi connectivity index (χ4v) is 5.56. The van der Waals surface area contributed by atoms with Gasteiger partial charge in [-0.2, -0.15) is 0 Å². The van der Waals surface area contributed by atoms with E-state index < -0.39 is 57.8 Å². The summed E-state index contributed by atoms with van der Waals surface area (Å²) >= 11 is 0.884. The van der Waals surface area contributed by atoms with Gasteiger partial charge in [-0.25, -0.2) is 26.5 Å². The topological polar surface area (TPSA) is 158 Å². The van der Waals surface area contributed by atoms with Gasteiger partial charge in [-0.1, -0.05) is 18.2 Å². The summed E-state index contributed by atoms with van der Waals surface area (Å²) in [7, 11) is -0.966. The molecule has 1 heterocycles. The highest BCUT2D eigenvalue weighted by Crippen LogP contribution is 2.22. The third-order valence-electron chi connectivity index (χ3n) is 6.35. The molecule has 228 valence electrons. The van der Waals surface area contributed by atoms with Crippen LogP contribution < -0.4 is 14.9 Å². The van der Waals surface area contributed by atoms with Crippen LogP contribution in [0.3, 0.4) is 0 Å². The SMILES string of the molecule is COCC[C@@H](NC(=O)c1ccccc1)[C@@H](O)[C@H](O)[C@H](Cc1cc(F)cc(F)c1)NC(=O)c1csc(N(C)S(C)(=O)=O)n1. The summed E-state index contributed by atoms with van der Waals surface area (Å²) in [6, 6.07) is 8.49. The fourth-order valence-electron chi connectivity index (χ4n) is 4.03. The number of methoxy groups -OCH3 is 1.